The van der Waals surface area contributed by atoms with Gasteiger partial charge in [0.1, 0.15) is 5.69 Å². The topological polar surface area (TPSA) is 61.6 Å². The Morgan fingerprint density at radius 2 is 2.04 bits per heavy atom. The van der Waals surface area contributed by atoms with Crippen LogP contribution >= 0.6 is 11.6 Å². The summed E-state index contributed by atoms with van der Waals surface area (Å²) in [5.41, 5.74) is 1.67. The fraction of sp³-hybridized carbons (Fsp3) is 0.500. The SMILES string of the molecule is CN1C[C@H](C(=O)NCc2cc(-c3ccc(Cl)cc3)no2)CC[C@H](N(C)C)C1. The van der Waals surface area contributed by atoms with Crippen molar-refractivity contribution >= 4 is 17.5 Å². The van der Waals surface area contributed by atoms with Crippen molar-refractivity contribution in [2.24, 2.45) is 5.92 Å². The molecule has 146 valence electrons. The van der Waals surface area contributed by atoms with E-state index in [1.54, 1.807) is 0 Å². The van der Waals surface area contributed by atoms with E-state index in [0.717, 1.165) is 37.2 Å². The Labute approximate surface area is 165 Å². The summed E-state index contributed by atoms with van der Waals surface area (Å²) in [6, 6.07) is 9.76. The Kier molecular flexibility index (Phi) is 6.52. The Hall–Kier alpha value is -1.89. The summed E-state index contributed by atoms with van der Waals surface area (Å²) in [5, 5.41) is 7.76. The summed E-state index contributed by atoms with van der Waals surface area (Å²) < 4.78 is 5.37. The minimum atomic E-state index is -0.00129. The average Bonchev–Trinajstić information content (AvgIpc) is 3.01. The van der Waals surface area contributed by atoms with Crippen molar-refractivity contribution in [3.05, 3.63) is 41.1 Å². The monoisotopic (exact) mass is 390 g/mol. The van der Waals surface area contributed by atoms with Gasteiger partial charge < -0.3 is 19.6 Å². The molecule has 2 aromatic rings. The third kappa shape index (κ3) is 5.31. The molecule has 0 aliphatic carbocycles. The molecule has 27 heavy (non-hydrogen) atoms. The minimum Gasteiger partial charge on any atom is -0.359 e. The lowest BCUT2D eigenvalue weighted by molar-refractivity contribution is -0.125. The number of benzene rings is 1. The molecule has 1 fully saturated rings. The van der Waals surface area contributed by atoms with Crippen LogP contribution in [0.4, 0.5) is 0 Å². The van der Waals surface area contributed by atoms with E-state index < -0.39 is 0 Å². The predicted molar refractivity (Wildman–Crippen MR) is 106 cm³/mol. The summed E-state index contributed by atoms with van der Waals surface area (Å²) in [4.78, 5) is 17.1. The number of amides is 1. The van der Waals surface area contributed by atoms with Gasteiger partial charge in [-0.25, -0.2) is 0 Å². The summed E-state index contributed by atoms with van der Waals surface area (Å²) >= 11 is 5.91. The molecule has 0 unspecified atom stereocenters. The van der Waals surface area contributed by atoms with Crippen LogP contribution in [0, 0.1) is 5.92 Å². The number of carbonyl (C=O) groups excluding carboxylic acids is 1. The highest BCUT2D eigenvalue weighted by atomic mass is 35.5. The molecule has 6 nitrogen and oxygen atoms in total. The van der Waals surface area contributed by atoms with Crippen LogP contribution in [0.3, 0.4) is 0 Å². The molecule has 1 aromatic heterocycles. The van der Waals surface area contributed by atoms with E-state index in [2.05, 4.69) is 41.4 Å². The van der Waals surface area contributed by atoms with E-state index in [4.69, 9.17) is 16.1 Å². The number of carbonyl (C=O) groups is 1. The maximum atomic E-state index is 12.6. The van der Waals surface area contributed by atoms with Crippen molar-refractivity contribution in [1.29, 1.82) is 0 Å². The highest BCUT2D eigenvalue weighted by Crippen LogP contribution is 2.22. The van der Waals surface area contributed by atoms with Crippen molar-refractivity contribution < 1.29 is 9.32 Å². The molecule has 2 atom stereocenters. The molecule has 1 amide bonds. The van der Waals surface area contributed by atoms with Crippen LogP contribution in [-0.4, -0.2) is 61.1 Å². The van der Waals surface area contributed by atoms with Gasteiger partial charge in [-0.3, -0.25) is 4.79 Å². The number of halogens is 1. The molecule has 3 rings (SSSR count). The second kappa shape index (κ2) is 8.87. The van der Waals surface area contributed by atoms with Crippen LogP contribution in [0.2, 0.25) is 5.02 Å². The second-order valence-electron chi connectivity index (χ2n) is 7.52. The zero-order valence-electron chi connectivity index (χ0n) is 16.1. The van der Waals surface area contributed by atoms with Gasteiger partial charge in [-0.1, -0.05) is 28.9 Å². The van der Waals surface area contributed by atoms with E-state index in [1.807, 2.05) is 30.3 Å². The normalized spacial score (nSPS) is 21.2. The van der Waals surface area contributed by atoms with Gasteiger partial charge in [0, 0.05) is 35.8 Å². The zero-order valence-corrected chi connectivity index (χ0v) is 16.9. The first-order valence-electron chi connectivity index (χ1n) is 9.26. The molecule has 1 aliphatic heterocycles. The number of hydrogen-bond acceptors (Lipinski definition) is 5. The van der Waals surface area contributed by atoms with Gasteiger partial charge in [0.2, 0.25) is 5.91 Å². The van der Waals surface area contributed by atoms with Crippen molar-refractivity contribution in [1.82, 2.24) is 20.3 Å². The first kappa shape index (κ1) is 19.9. The molecule has 0 saturated carbocycles. The van der Waals surface area contributed by atoms with Crippen molar-refractivity contribution in [3.8, 4) is 11.3 Å². The Bertz CT molecular complexity index is 760. The molecular formula is C20H27ClN4O2. The van der Waals surface area contributed by atoms with Gasteiger partial charge in [0.15, 0.2) is 5.76 Å². The third-order valence-electron chi connectivity index (χ3n) is 5.14. The largest absolute Gasteiger partial charge is 0.359 e. The fourth-order valence-corrected chi connectivity index (χ4v) is 3.62. The fourth-order valence-electron chi connectivity index (χ4n) is 3.49. The smallest absolute Gasteiger partial charge is 0.224 e. The van der Waals surface area contributed by atoms with E-state index in [1.165, 1.54) is 0 Å². The van der Waals surface area contributed by atoms with Crippen LogP contribution in [0.25, 0.3) is 11.3 Å². The number of hydrogen-bond donors (Lipinski definition) is 1. The van der Waals surface area contributed by atoms with E-state index in [0.29, 0.717) is 23.4 Å². The predicted octanol–water partition coefficient (Wildman–Crippen LogP) is 2.88. The highest BCUT2D eigenvalue weighted by molar-refractivity contribution is 6.30. The zero-order chi connectivity index (χ0) is 19.4. The molecule has 0 spiro atoms. The summed E-state index contributed by atoms with van der Waals surface area (Å²) in [6.45, 7) is 2.11. The van der Waals surface area contributed by atoms with Crippen LogP contribution in [0.1, 0.15) is 18.6 Å². The van der Waals surface area contributed by atoms with Gasteiger partial charge in [0.25, 0.3) is 0 Å². The van der Waals surface area contributed by atoms with Crippen LogP contribution in [0.15, 0.2) is 34.9 Å². The maximum absolute atomic E-state index is 12.6. The second-order valence-corrected chi connectivity index (χ2v) is 7.95. The Morgan fingerprint density at radius 3 is 2.74 bits per heavy atom. The molecule has 1 aliphatic rings. The first-order chi connectivity index (χ1) is 12.9. The average molecular weight is 391 g/mol. The van der Waals surface area contributed by atoms with Crippen molar-refractivity contribution in [2.45, 2.75) is 25.4 Å². The number of nitrogens with one attached hydrogen (secondary N) is 1. The van der Waals surface area contributed by atoms with E-state index >= 15 is 0 Å². The number of rotatable bonds is 5. The quantitative estimate of drug-likeness (QED) is 0.850. The van der Waals surface area contributed by atoms with Gasteiger partial charge >= 0.3 is 0 Å². The molecule has 0 bridgehead atoms. The standard InChI is InChI=1S/C20H27ClN4O2/c1-24(2)17-9-6-15(12-25(3)13-17)20(26)22-11-18-10-19(23-27-18)14-4-7-16(21)8-5-14/h4-5,7-8,10,15,17H,6,9,11-13H2,1-3H3,(H,22,26)/t15-,17+/m1/s1. The highest BCUT2D eigenvalue weighted by Gasteiger charge is 2.27. The molecule has 7 heteroatoms. The lowest BCUT2D eigenvalue weighted by atomic mass is 10.0. The number of likely N-dealkylation sites (N-methyl/N-ethyl adjacent to an activating group) is 2. The summed E-state index contributed by atoms with van der Waals surface area (Å²) in [6.07, 6.45) is 1.92. The number of nitrogens with zero attached hydrogens (tertiary/aromatic N) is 3. The van der Waals surface area contributed by atoms with Crippen molar-refractivity contribution in [3.63, 3.8) is 0 Å². The van der Waals surface area contributed by atoms with Gasteiger partial charge in [0.05, 0.1) is 12.5 Å². The lowest BCUT2D eigenvalue weighted by Crippen LogP contribution is -2.39. The van der Waals surface area contributed by atoms with Crippen LogP contribution in [0.5, 0.6) is 0 Å². The maximum Gasteiger partial charge on any atom is 0.224 e. The Morgan fingerprint density at radius 1 is 1.30 bits per heavy atom. The molecule has 1 saturated heterocycles. The number of aromatic nitrogens is 1. The van der Waals surface area contributed by atoms with Crippen LogP contribution in [-0.2, 0) is 11.3 Å². The van der Waals surface area contributed by atoms with Crippen LogP contribution < -0.4 is 5.32 Å². The molecular weight excluding hydrogens is 364 g/mol. The summed E-state index contributed by atoms with van der Waals surface area (Å²) in [5.74, 6) is 0.714. The third-order valence-corrected chi connectivity index (χ3v) is 5.39. The Balaban J connectivity index is 1.55. The van der Waals surface area contributed by atoms with Gasteiger partial charge in [-0.15, -0.1) is 0 Å². The van der Waals surface area contributed by atoms with E-state index in [-0.39, 0.29) is 11.8 Å². The molecule has 0 radical (unpaired) electrons. The van der Waals surface area contributed by atoms with E-state index in [9.17, 15) is 4.79 Å². The first-order valence-corrected chi connectivity index (χ1v) is 9.64. The molecule has 2 heterocycles. The molecule has 1 aromatic carbocycles. The summed E-state index contributed by atoms with van der Waals surface area (Å²) in [7, 11) is 6.28. The minimum absolute atomic E-state index is 0.00129. The van der Waals surface area contributed by atoms with Gasteiger partial charge in [-0.2, -0.15) is 0 Å². The molecule has 1 N–H and O–H groups in total. The van der Waals surface area contributed by atoms with Gasteiger partial charge in [-0.05, 0) is 46.1 Å². The lowest BCUT2D eigenvalue weighted by Gasteiger charge is -2.25. The number of likely N-dealkylation sites (tertiary alicyclic amines) is 1. The van der Waals surface area contributed by atoms with Crippen molar-refractivity contribution in [2.75, 3.05) is 34.2 Å².